The van der Waals surface area contributed by atoms with Gasteiger partial charge in [-0.15, -0.1) is 0 Å². The van der Waals surface area contributed by atoms with Gasteiger partial charge < -0.3 is 9.47 Å². The second-order valence-electron chi connectivity index (χ2n) is 6.93. The summed E-state index contributed by atoms with van der Waals surface area (Å²) in [5, 5.41) is 16.4. The average Bonchev–Trinajstić information content (AvgIpc) is 3.31. The van der Waals surface area contributed by atoms with Gasteiger partial charge in [-0.3, -0.25) is 24.7 Å². The normalized spacial score (nSPS) is 19.6. The summed E-state index contributed by atoms with van der Waals surface area (Å²) in [4.78, 5) is 50.7. The fourth-order valence-corrected chi connectivity index (χ4v) is 3.78. The van der Waals surface area contributed by atoms with E-state index in [1.54, 1.807) is 31.2 Å². The van der Waals surface area contributed by atoms with Gasteiger partial charge in [0.2, 0.25) is 5.91 Å². The molecule has 0 unspecified atom stereocenters. The Bertz CT molecular complexity index is 1150. The Balaban J connectivity index is 1.79. The van der Waals surface area contributed by atoms with Gasteiger partial charge in [-0.1, -0.05) is 12.1 Å². The minimum absolute atomic E-state index is 0.0606. The largest absolute Gasteiger partial charge is 0.495 e. The number of fused-ring (bicyclic) bond motifs is 1. The van der Waals surface area contributed by atoms with Gasteiger partial charge in [-0.25, -0.2) is 9.69 Å². The van der Waals surface area contributed by atoms with Crippen LogP contribution in [0.5, 0.6) is 5.75 Å². The molecule has 2 aliphatic heterocycles. The van der Waals surface area contributed by atoms with Crippen molar-refractivity contribution >= 4 is 40.6 Å². The molecule has 0 saturated carbocycles. The van der Waals surface area contributed by atoms with Gasteiger partial charge in [0.1, 0.15) is 17.7 Å². The lowest BCUT2D eigenvalue weighted by atomic mass is 9.97. The SMILES string of the molecule is CCOC(=O)C1=NN(c2ccc([N+](=O)[O-])cc2)[C@H]2C(=O)N(c3ccccc3OC)C(=O)[C@@H]12. The third-order valence-electron chi connectivity index (χ3n) is 5.18. The summed E-state index contributed by atoms with van der Waals surface area (Å²) in [7, 11) is 1.42. The van der Waals surface area contributed by atoms with E-state index in [1.165, 1.54) is 36.4 Å². The Labute approximate surface area is 182 Å². The predicted molar refractivity (Wildman–Crippen MR) is 112 cm³/mol. The first-order valence-electron chi connectivity index (χ1n) is 9.69. The highest BCUT2D eigenvalue weighted by Gasteiger charge is 2.59. The maximum atomic E-state index is 13.4. The molecule has 4 rings (SSSR count). The molecule has 0 N–H and O–H groups in total. The Morgan fingerprint density at radius 2 is 1.81 bits per heavy atom. The van der Waals surface area contributed by atoms with Gasteiger partial charge >= 0.3 is 5.97 Å². The van der Waals surface area contributed by atoms with E-state index in [-0.39, 0.29) is 23.7 Å². The van der Waals surface area contributed by atoms with Crippen LogP contribution < -0.4 is 14.6 Å². The van der Waals surface area contributed by atoms with Gasteiger partial charge in [0.05, 0.1) is 30.0 Å². The first-order chi connectivity index (χ1) is 15.4. The lowest BCUT2D eigenvalue weighted by molar-refractivity contribution is -0.384. The summed E-state index contributed by atoms with van der Waals surface area (Å²) < 4.78 is 10.3. The number of ether oxygens (including phenoxy) is 2. The van der Waals surface area contributed by atoms with E-state index in [1.807, 2.05) is 0 Å². The second kappa shape index (κ2) is 8.10. The average molecular weight is 438 g/mol. The van der Waals surface area contributed by atoms with Crippen LogP contribution in [0.3, 0.4) is 0 Å². The fourth-order valence-electron chi connectivity index (χ4n) is 3.78. The van der Waals surface area contributed by atoms with Crippen molar-refractivity contribution in [2.75, 3.05) is 23.6 Å². The van der Waals surface area contributed by atoms with E-state index in [9.17, 15) is 24.5 Å². The summed E-state index contributed by atoms with van der Waals surface area (Å²) in [5.41, 5.74) is 0.203. The van der Waals surface area contributed by atoms with Crippen molar-refractivity contribution in [2.45, 2.75) is 13.0 Å². The standard InChI is InChI=1S/C21H18N4O7/c1-3-32-21(28)17-16-18(24(22-17)12-8-10-13(11-9-12)25(29)30)20(27)23(19(16)26)14-6-4-5-7-15(14)31-2/h4-11,16,18H,3H2,1-2H3/t16-,18+/m0/s1. The number of nitro benzene ring substituents is 1. The second-order valence-corrected chi connectivity index (χ2v) is 6.93. The number of anilines is 2. The van der Waals surface area contributed by atoms with E-state index >= 15 is 0 Å². The zero-order chi connectivity index (χ0) is 23.0. The molecule has 2 aliphatic rings. The Morgan fingerprint density at radius 1 is 1.12 bits per heavy atom. The molecule has 2 amide bonds. The number of hydrazone groups is 1. The topological polar surface area (TPSA) is 132 Å². The van der Waals surface area contributed by atoms with E-state index in [0.717, 1.165) is 4.90 Å². The van der Waals surface area contributed by atoms with E-state index in [0.29, 0.717) is 11.4 Å². The van der Waals surface area contributed by atoms with Crippen LogP contribution in [0.2, 0.25) is 0 Å². The van der Waals surface area contributed by atoms with Crippen LogP contribution in [0, 0.1) is 16.0 Å². The first-order valence-corrected chi connectivity index (χ1v) is 9.69. The number of imide groups is 1. The highest BCUT2D eigenvalue weighted by molar-refractivity contribution is 6.47. The highest BCUT2D eigenvalue weighted by Crippen LogP contribution is 2.40. The monoisotopic (exact) mass is 438 g/mol. The molecule has 0 spiro atoms. The third-order valence-corrected chi connectivity index (χ3v) is 5.18. The number of para-hydroxylation sites is 2. The third kappa shape index (κ3) is 3.23. The molecule has 0 aromatic heterocycles. The molecule has 2 heterocycles. The van der Waals surface area contributed by atoms with Gasteiger partial charge in [-0.2, -0.15) is 5.10 Å². The number of non-ortho nitro benzene ring substituents is 1. The summed E-state index contributed by atoms with van der Waals surface area (Å²) in [6.45, 7) is 1.67. The molecule has 11 heteroatoms. The maximum absolute atomic E-state index is 13.4. The van der Waals surface area contributed by atoms with Gasteiger partial charge in [0.15, 0.2) is 5.71 Å². The van der Waals surface area contributed by atoms with Crippen molar-refractivity contribution in [3.05, 3.63) is 58.6 Å². The van der Waals surface area contributed by atoms with Crippen molar-refractivity contribution in [3.63, 3.8) is 0 Å². The van der Waals surface area contributed by atoms with Crippen molar-refractivity contribution < 1.29 is 28.8 Å². The zero-order valence-corrected chi connectivity index (χ0v) is 17.1. The Kier molecular flexibility index (Phi) is 5.31. The number of hydrogen-bond donors (Lipinski definition) is 0. The number of benzene rings is 2. The molecule has 32 heavy (non-hydrogen) atoms. The number of carbonyl (C=O) groups excluding carboxylic acids is 3. The van der Waals surface area contributed by atoms with Crippen LogP contribution in [-0.4, -0.2) is 48.2 Å². The molecular formula is C21H18N4O7. The van der Waals surface area contributed by atoms with Crippen molar-refractivity contribution in [1.82, 2.24) is 0 Å². The fraction of sp³-hybridized carbons (Fsp3) is 0.238. The molecule has 0 bridgehead atoms. The smallest absolute Gasteiger partial charge is 0.355 e. The summed E-state index contributed by atoms with van der Waals surface area (Å²) in [6, 6.07) is 10.7. The van der Waals surface area contributed by atoms with Crippen LogP contribution >= 0.6 is 0 Å². The molecule has 164 valence electrons. The first kappa shape index (κ1) is 21.0. The number of carbonyl (C=O) groups is 3. The number of rotatable bonds is 6. The zero-order valence-electron chi connectivity index (χ0n) is 17.1. The lowest BCUT2D eigenvalue weighted by Gasteiger charge is -2.22. The van der Waals surface area contributed by atoms with Gasteiger partial charge in [-0.05, 0) is 31.2 Å². The van der Waals surface area contributed by atoms with Crippen molar-refractivity contribution in [2.24, 2.45) is 11.0 Å². The number of nitro groups is 1. The number of methoxy groups -OCH3 is 1. The Hall–Kier alpha value is -4.28. The van der Waals surface area contributed by atoms with E-state index < -0.39 is 34.7 Å². The summed E-state index contributed by atoms with van der Waals surface area (Å²) in [6.07, 6.45) is 0. The number of hydrogen-bond acceptors (Lipinski definition) is 9. The highest BCUT2D eigenvalue weighted by atomic mass is 16.6. The molecular weight excluding hydrogens is 420 g/mol. The van der Waals surface area contributed by atoms with Crippen LogP contribution in [0.15, 0.2) is 53.6 Å². The molecule has 2 aromatic carbocycles. The molecule has 0 radical (unpaired) electrons. The van der Waals surface area contributed by atoms with Crippen molar-refractivity contribution in [1.29, 1.82) is 0 Å². The van der Waals surface area contributed by atoms with Gasteiger partial charge in [0.25, 0.3) is 11.6 Å². The summed E-state index contributed by atoms with van der Waals surface area (Å²) in [5.74, 6) is -2.94. The van der Waals surface area contributed by atoms with E-state index in [2.05, 4.69) is 5.10 Å². The Morgan fingerprint density at radius 3 is 2.44 bits per heavy atom. The number of nitrogens with zero attached hydrogens (tertiary/aromatic N) is 4. The molecule has 1 fully saturated rings. The van der Waals surface area contributed by atoms with Crippen LogP contribution in [0.1, 0.15) is 6.92 Å². The van der Waals surface area contributed by atoms with Crippen LogP contribution in [-0.2, 0) is 19.1 Å². The molecule has 11 nitrogen and oxygen atoms in total. The minimum atomic E-state index is -1.19. The molecule has 2 atom stereocenters. The predicted octanol–water partition coefficient (Wildman–Crippen LogP) is 1.90. The summed E-state index contributed by atoms with van der Waals surface area (Å²) >= 11 is 0. The number of amides is 2. The molecule has 1 saturated heterocycles. The molecule has 2 aromatic rings. The number of esters is 1. The molecule has 0 aliphatic carbocycles. The van der Waals surface area contributed by atoms with Crippen molar-refractivity contribution in [3.8, 4) is 5.75 Å². The maximum Gasteiger partial charge on any atom is 0.355 e. The van der Waals surface area contributed by atoms with Crippen LogP contribution in [0.4, 0.5) is 17.1 Å². The van der Waals surface area contributed by atoms with Crippen LogP contribution in [0.25, 0.3) is 0 Å². The minimum Gasteiger partial charge on any atom is -0.495 e. The van der Waals surface area contributed by atoms with Gasteiger partial charge in [0, 0.05) is 12.1 Å². The quantitative estimate of drug-likeness (QED) is 0.289. The lowest BCUT2D eigenvalue weighted by Crippen LogP contribution is -2.39. The van der Waals surface area contributed by atoms with E-state index in [4.69, 9.17) is 9.47 Å².